The molecular weight excluding hydrogens is 347 g/mol. The lowest BCUT2D eigenvalue weighted by Gasteiger charge is -2.10. The number of nitrogens with one attached hydrogen (secondary N) is 2. The molecule has 134 valence electrons. The first-order valence-electron chi connectivity index (χ1n) is 7.55. The first kappa shape index (κ1) is 19.0. The molecule has 3 N–H and O–H groups in total. The van der Waals surface area contributed by atoms with Gasteiger partial charge in [-0.3, -0.25) is 14.4 Å². The van der Waals surface area contributed by atoms with E-state index in [1.165, 1.54) is 13.0 Å². The minimum atomic E-state index is -0.579. The number of hydrogen-bond acceptors (Lipinski definition) is 6. The van der Waals surface area contributed by atoms with Crippen molar-refractivity contribution in [2.45, 2.75) is 20.8 Å². The van der Waals surface area contributed by atoms with Gasteiger partial charge in [-0.05, 0) is 44.0 Å². The fourth-order valence-corrected chi connectivity index (χ4v) is 3.38. The summed E-state index contributed by atoms with van der Waals surface area (Å²) in [4.78, 5) is 29.4. The average molecular weight is 366 g/mol. The van der Waals surface area contributed by atoms with Gasteiger partial charge in [-0.2, -0.15) is 0 Å². The Kier molecular flexibility index (Phi) is 6.24. The molecular formula is C17H19FN2O4S. The van der Waals surface area contributed by atoms with Crippen molar-refractivity contribution in [2.75, 3.05) is 18.5 Å². The van der Waals surface area contributed by atoms with Gasteiger partial charge in [0.2, 0.25) is 0 Å². The van der Waals surface area contributed by atoms with Gasteiger partial charge in [0.25, 0.3) is 5.91 Å². The fourth-order valence-electron chi connectivity index (χ4n) is 2.27. The lowest BCUT2D eigenvalue weighted by molar-refractivity contribution is 0.0169. The van der Waals surface area contributed by atoms with Crippen LogP contribution in [-0.4, -0.2) is 30.0 Å². The third-order valence-corrected chi connectivity index (χ3v) is 4.73. The molecule has 1 aromatic carbocycles. The van der Waals surface area contributed by atoms with Gasteiger partial charge < -0.3 is 10.4 Å². The highest BCUT2D eigenvalue weighted by Crippen LogP contribution is 2.36. The molecule has 1 amide bonds. The summed E-state index contributed by atoms with van der Waals surface area (Å²) in [7, 11) is 0. The van der Waals surface area contributed by atoms with Crippen LogP contribution in [0.5, 0.6) is 0 Å². The Bertz CT molecular complexity index is 804. The molecule has 8 heteroatoms. The minimum Gasteiger partial charge on any atom is -0.394 e. The molecule has 6 nitrogen and oxygen atoms in total. The maximum absolute atomic E-state index is 14.1. The van der Waals surface area contributed by atoms with Gasteiger partial charge in [0, 0.05) is 0 Å². The summed E-state index contributed by atoms with van der Waals surface area (Å²) >= 11 is 1.08. The summed E-state index contributed by atoms with van der Waals surface area (Å²) < 4.78 is 14.1. The molecule has 0 atom stereocenters. The van der Waals surface area contributed by atoms with E-state index in [0.717, 1.165) is 16.9 Å². The quantitative estimate of drug-likeness (QED) is 0.398. The Balaban J connectivity index is 2.39. The van der Waals surface area contributed by atoms with E-state index < -0.39 is 11.7 Å². The van der Waals surface area contributed by atoms with Crippen LogP contribution >= 0.6 is 11.3 Å². The van der Waals surface area contributed by atoms with Gasteiger partial charge in [-0.1, -0.05) is 6.07 Å². The number of hydrogen-bond donors (Lipinski definition) is 3. The molecule has 0 bridgehead atoms. The van der Waals surface area contributed by atoms with E-state index in [0.29, 0.717) is 15.4 Å². The lowest BCUT2D eigenvalue weighted by atomic mass is 10.1. The van der Waals surface area contributed by atoms with Crippen LogP contribution in [-0.2, 0) is 4.84 Å². The van der Waals surface area contributed by atoms with Crippen LogP contribution in [0, 0.1) is 19.7 Å². The number of aryl methyl sites for hydroxylation is 1. The summed E-state index contributed by atoms with van der Waals surface area (Å²) in [5, 5.41) is 11.9. The summed E-state index contributed by atoms with van der Waals surface area (Å²) in [5.74, 6) is -1.23. The molecule has 1 heterocycles. The number of aliphatic hydroxyl groups excluding tert-OH is 1. The maximum atomic E-state index is 14.1. The van der Waals surface area contributed by atoms with Gasteiger partial charge in [-0.25, -0.2) is 9.87 Å². The number of carbonyl (C=O) groups is 2. The number of thiophene rings is 1. The molecule has 0 spiro atoms. The van der Waals surface area contributed by atoms with Gasteiger partial charge in [0.05, 0.1) is 29.3 Å². The summed E-state index contributed by atoms with van der Waals surface area (Å²) in [6.07, 6.45) is 0. The van der Waals surface area contributed by atoms with Crippen molar-refractivity contribution in [1.29, 1.82) is 0 Å². The smallest absolute Gasteiger partial charge is 0.278 e. The maximum Gasteiger partial charge on any atom is 0.278 e. The van der Waals surface area contributed by atoms with Crippen molar-refractivity contribution in [3.63, 3.8) is 0 Å². The summed E-state index contributed by atoms with van der Waals surface area (Å²) in [5.41, 5.74) is 3.86. The molecule has 25 heavy (non-hydrogen) atoms. The minimum absolute atomic E-state index is 0.0656. The van der Waals surface area contributed by atoms with Crippen molar-refractivity contribution < 1.29 is 23.9 Å². The first-order valence-corrected chi connectivity index (χ1v) is 8.37. The van der Waals surface area contributed by atoms with Crippen LogP contribution in [0.4, 0.5) is 15.1 Å². The zero-order valence-corrected chi connectivity index (χ0v) is 14.9. The Labute approximate surface area is 148 Å². The highest BCUT2D eigenvalue weighted by molar-refractivity contribution is 7.18. The number of anilines is 2. The molecule has 0 unspecified atom stereocenters. The lowest BCUT2D eigenvalue weighted by Crippen LogP contribution is -2.26. The molecule has 1 aromatic heterocycles. The SMILES string of the molecule is CC(=O)c1sc(Nc2ccc(C)cc2F)c(C(=O)NOCCO)c1C. The molecule has 2 rings (SSSR count). The van der Waals surface area contributed by atoms with Crippen molar-refractivity contribution in [3.8, 4) is 0 Å². The Morgan fingerprint density at radius 2 is 2.04 bits per heavy atom. The van der Waals surface area contributed by atoms with Gasteiger partial charge in [-0.15, -0.1) is 11.3 Å². The number of Topliss-reactive ketones (excluding diaryl/α,β-unsaturated/α-hetero) is 1. The highest BCUT2D eigenvalue weighted by atomic mass is 32.1. The molecule has 2 aromatic rings. The Morgan fingerprint density at radius 3 is 2.64 bits per heavy atom. The van der Waals surface area contributed by atoms with E-state index in [-0.39, 0.29) is 30.2 Å². The highest BCUT2D eigenvalue weighted by Gasteiger charge is 2.24. The van der Waals surface area contributed by atoms with E-state index in [1.807, 2.05) is 0 Å². The zero-order chi connectivity index (χ0) is 18.6. The Morgan fingerprint density at radius 1 is 1.32 bits per heavy atom. The first-order chi connectivity index (χ1) is 11.8. The van der Waals surface area contributed by atoms with E-state index in [2.05, 4.69) is 10.8 Å². The molecule has 0 radical (unpaired) electrons. The van der Waals surface area contributed by atoms with Crippen LogP contribution in [0.15, 0.2) is 18.2 Å². The largest absolute Gasteiger partial charge is 0.394 e. The van der Waals surface area contributed by atoms with Crippen LogP contribution in [0.2, 0.25) is 0 Å². The van der Waals surface area contributed by atoms with E-state index in [4.69, 9.17) is 9.94 Å². The second kappa shape index (κ2) is 8.19. The van der Waals surface area contributed by atoms with Crippen LogP contribution < -0.4 is 10.8 Å². The summed E-state index contributed by atoms with van der Waals surface area (Å²) in [6, 6.07) is 4.68. The number of rotatable bonds is 7. The van der Waals surface area contributed by atoms with Crippen LogP contribution in [0.3, 0.4) is 0 Å². The number of aliphatic hydroxyl groups is 1. The van der Waals surface area contributed by atoms with E-state index in [9.17, 15) is 14.0 Å². The molecule has 0 aliphatic rings. The van der Waals surface area contributed by atoms with Gasteiger partial charge in [0.15, 0.2) is 5.78 Å². The van der Waals surface area contributed by atoms with E-state index >= 15 is 0 Å². The second-order valence-corrected chi connectivity index (χ2v) is 6.45. The van der Waals surface area contributed by atoms with Crippen molar-refractivity contribution in [2.24, 2.45) is 0 Å². The number of hydroxylamine groups is 1. The van der Waals surface area contributed by atoms with Crippen molar-refractivity contribution >= 4 is 33.7 Å². The third-order valence-electron chi connectivity index (χ3n) is 3.42. The zero-order valence-electron chi connectivity index (χ0n) is 14.1. The van der Waals surface area contributed by atoms with Crippen molar-refractivity contribution in [3.05, 3.63) is 45.6 Å². The third kappa shape index (κ3) is 4.41. The molecule has 0 aliphatic carbocycles. The van der Waals surface area contributed by atoms with Crippen LogP contribution in [0.1, 0.15) is 38.1 Å². The van der Waals surface area contributed by atoms with E-state index in [1.54, 1.807) is 26.0 Å². The second-order valence-electron chi connectivity index (χ2n) is 5.43. The monoisotopic (exact) mass is 366 g/mol. The number of halogens is 1. The number of carbonyl (C=O) groups excluding carboxylic acids is 2. The standard InChI is InChI=1S/C17H19FN2O4S/c1-9-4-5-13(12(18)8-9)19-17-14(16(23)20-24-7-6-21)10(2)15(25-17)11(3)22/h4-5,8,19,21H,6-7H2,1-3H3,(H,20,23). The fraction of sp³-hybridized carbons (Fsp3) is 0.294. The molecule has 0 fully saturated rings. The predicted octanol–water partition coefficient (Wildman–Crippen LogP) is 3.10. The molecule has 0 aliphatic heterocycles. The molecule has 0 saturated carbocycles. The molecule has 0 saturated heterocycles. The van der Waals surface area contributed by atoms with Crippen molar-refractivity contribution in [1.82, 2.24) is 5.48 Å². The number of ketones is 1. The average Bonchev–Trinajstić information content (AvgIpc) is 2.87. The van der Waals surface area contributed by atoms with Gasteiger partial charge >= 0.3 is 0 Å². The number of benzene rings is 1. The summed E-state index contributed by atoms with van der Waals surface area (Å²) in [6.45, 7) is 4.50. The Hall–Kier alpha value is -2.29. The normalized spacial score (nSPS) is 10.6. The predicted molar refractivity (Wildman–Crippen MR) is 94.0 cm³/mol. The van der Waals surface area contributed by atoms with Gasteiger partial charge in [0.1, 0.15) is 10.8 Å². The topological polar surface area (TPSA) is 87.7 Å². The number of amides is 1. The van der Waals surface area contributed by atoms with Crippen LogP contribution in [0.25, 0.3) is 0 Å².